The van der Waals surface area contributed by atoms with Gasteiger partial charge in [-0.15, -0.1) is 0 Å². The summed E-state index contributed by atoms with van der Waals surface area (Å²) in [5.74, 6) is -17.7. The van der Waals surface area contributed by atoms with Gasteiger partial charge in [-0.3, -0.25) is 62.3 Å². The highest BCUT2D eigenvalue weighted by atomic mass is 16.4. The van der Waals surface area contributed by atoms with Gasteiger partial charge >= 0.3 is 17.9 Å². The van der Waals surface area contributed by atoms with Crippen LogP contribution in [0.3, 0.4) is 0 Å². The highest BCUT2D eigenvalue weighted by molar-refractivity contribution is 6.00. The molecule has 17 N–H and O–H groups in total. The number of aliphatic carboxylic acids is 3. The maximum Gasteiger partial charge on any atom is 0.326 e. The third kappa shape index (κ3) is 33.5. The second-order valence-electron chi connectivity index (χ2n) is 26.0. The average molecular weight is 1340 g/mol. The number of hydrogen-bond donors (Lipinski definition) is 17. The lowest BCUT2D eigenvalue weighted by atomic mass is 9.94. The molecule has 0 saturated heterocycles. The minimum atomic E-state index is -1.85. The Morgan fingerprint density at radius 3 is 0.957 bits per heavy atom. The van der Waals surface area contributed by atoms with Crippen molar-refractivity contribution < 1.29 is 97.8 Å². The van der Waals surface area contributed by atoms with Gasteiger partial charge in [0.05, 0.1) is 32.2 Å². The molecule has 0 aliphatic carbocycles. The fourth-order valence-electron chi connectivity index (χ4n) is 9.74. The first-order chi connectivity index (χ1) is 43.9. The lowest BCUT2D eigenvalue weighted by Crippen LogP contribution is -2.62. The van der Waals surface area contributed by atoms with Gasteiger partial charge in [0, 0.05) is 6.42 Å². The van der Waals surface area contributed by atoms with Crippen LogP contribution in [-0.4, -0.2) is 199 Å². The van der Waals surface area contributed by atoms with Crippen LogP contribution >= 0.6 is 0 Å². The zero-order valence-corrected chi connectivity index (χ0v) is 57.3. The number of aliphatic hydroxyl groups excluding tert-OH is 3. The monoisotopic (exact) mass is 1340 g/mol. The van der Waals surface area contributed by atoms with Crippen LogP contribution < -0.4 is 58.5 Å². The molecule has 0 spiro atoms. The molecule has 0 saturated carbocycles. The molecule has 31 heteroatoms. The van der Waals surface area contributed by atoms with Crippen molar-refractivity contribution in [3.8, 4) is 0 Å². The van der Waals surface area contributed by atoms with Gasteiger partial charge in [-0.05, 0) is 74.5 Å². The second kappa shape index (κ2) is 44.9. The van der Waals surface area contributed by atoms with E-state index in [1.54, 1.807) is 83.1 Å². The van der Waals surface area contributed by atoms with Gasteiger partial charge in [0.15, 0.2) is 0 Å². The lowest BCUT2D eigenvalue weighted by Gasteiger charge is -2.30. The smallest absolute Gasteiger partial charge is 0.326 e. The molecule has 0 unspecified atom stereocenters. The Balaban J connectivity index is 6.60. The van der Waals surface area contributed by atoms with E-state index in [1.165, 1.54) is 0 Å². The Kier molecular flexibility index (Phi) is 41.3. The predicted octanol–water partition coefficient (Wildman–Crippen LogP) is -0.254. The van der Waals surface area contributed by atoms with Crippen LogP contribution in [0.25, 0.3) is 0 Å². The molecule has 0 aromatic rings. The molecule has 31 nitrogen and oxygen atoms in total. The molecule has 0 aromatic heterocycles. The van der Waals surface area contributed by atoms with Gasteiger partial charge in [-0.1, -0.05) is 135 Å². The fourth-order valence-corrected chi connectivity index (χ4v) is 9.74. The Morgan fingerprint density at radius 1 is 0.319 bits per heavy atom. The standard InChI is InChI=1S/C63H111N11O20/c1-15-18-19-20-21-22-23-47(78)64-39(24-32(4)5)53(83)67-43(28-48(79)80)57(87)74-52(38(14)77)62(92)68-42(27-35(10)11)54(84)65-40(25-33(6)7)55(85)70-45(30-75)58(88)66-41(26-34(8)9)56(86)71-46(31-76)59(89)72-51(37(13)17-3)61(91)73-50(36(12)16-2)60(90)69-44(63(93)94)29-49(81)82/h32-46,50-52,75-77H,15-31H2,1-14H3,(H,64,78)(H,65,84)(H,66,88)(H,67,83)(H,68,92)(H,69,90)(H,70,85)(H,71,86)(H,72,89)(H,73,91)(H,74,87)(H,79,80)(H,81,82)(H,93,94)/t36-,37-,38-,39+,40+,41-,42+,43+,44-,45+,46+,50-,51-,52+/m0/s1. The largest absolute Gasteiger partial charge is 0.481 e. The third-order valence-electron chi connectivity index (χ3n) is 15.4. The number of rotatable bonds is 48. The quantitative estimate of drug-likeness (QED) is 0.0349. The van der Waals surface area contributed by atoms with E-state index in [0.29, 0.717) is 6.42 Å². The molecule has 0 aliphatic rings. The number of aliphatic hydroxyl groups is 3. The minimum absolute atomic E-state index is 0.0817. The normalized spacial score (nSPS) is 15.9. The molecule has 0 bridgehead atoms. The van der Waals surface area contributed by atoms with Crippen LogP contribution in [0.1, 0.15) is 193 Å². The molecule has 538 valence electrons. The average Bonchev–Trinajstić information content (AvgIpc) is 0.917. The topological polar surface area (TPSA) is 493 Å². The van der Waals surface area contributed by atoms with Crippen LogP contribution in [0.5, 0.6) is 0 Å². The summed E-state index contributed by atoms with van der Waals surface area (Å²) in [6.45, 7) is 21.4. The van der Waals surface area contributed by atoms with Gasteiger partial charge in [0.25, 0.3) is 0 Å². The van der Waals surface area contributed by atoms with Crippen molar-refractivity contribution in [3.63, 3.8) is 0 Å². The zero-order chi connectivity index (χ0) is 72.3. The van der Waals surface area contributed by atoms with Crippen LogP contribution in [0, 0.1) is 35.5 Å². The molecule has 0 aliphatic heterocycles. The highest BCUT2D eigenvalue weighted by Gasteiger charge is 2.39. The van der Waals surface area contributed by atoms with Crippen molar-refractivity contribution >= 4 is 82.9 Å². The van der Waals surface area contributed by atoms with Crippen molar-refractivity contribution in [2.75, 3.05) is 13.2 Å². The molecule has 14 atom stereocenters. The summed E-state index contributed by atoms with van der Waals surface area (Å²) >= 11 is 0. The second-order valence-corrected chi connectivity index (χ2v) is 26.0. The van der Waals surface area contributed by atoms with E-state index in [-0.39, 0.29) is 68.6 Å². The number of amides is 11. The van der Waals surface area contributed by atoms with Crippen molar-refractivity contribution in [2.24, 2.45) is 35.5 Å². The molecule has 11 amide bonds. The van der Waals surface area contributed by atoms with Gasteiger partial charge in [-0.25, -0.2) is 4.79 Å². The molecule has 0 radical (unpaired) electrons. The van der Waals surface area contributed by atoms with E-state index >= 15 is 0 Å². The molecule has 0 fully saturated rings. The molecule has 0 aromatic carbocycles. The van der Waals surface area contributed by atoms with Crippen molar-refractivity contribution in [2.45, 2.75) is 266 Å². The zero-order valence-electron chi connectivity index (χ0n) is 57.3. The summed E-state index contributed by atoms with van der Waals surface area (Å²) < 4.78 is 0. The van der Waals surface area contributed by atoms with Crippen LogP contribution in [-0.2, 0) is 67.1 Å². The summed E-state index contributed by atoms with van der Waals surface area (Å²) in [5.41, 5.74) is 0. The number of hydrogen-bond acceptors (Lipinski definition) is 17. The maximum atomic E-state index is 14.2. The Hall–Kier alpha value is -7.54. The number of carboxylic acid groups (broad SMARTS) is 3. The van der Waals surface area contributed by atoms with Crippen LogP contribution in [0.2, 0.25) is 0 Å². The van der Waals surface area contributed by atoms with Gasteiger partial charge in [0.1, 0.15) is 66.5 Å². The van der Waals surface area contributed by atoms with E-state index in [9.17, 15) is 97.8 Å². The van der Waals surface area contributed by atoms with Gasteiger partial charge < -0.3 is 89.1 Å². The number of nitrogens with one attached hydrogen (secondary N) is 11. The molecule has 0 rings (SSSR count). The Bertz CT molecular complexity index is 2500. The highest BCUT2D eigenvalue weighted by Crippen LogP contribution is 2.16. The summed E-state index contributed by atoms with van der Waals surface area (Å²) in [6, 6.07) is -17.5. The van der Waals surface area contributed by atoms with Crippen LogP contribution in [0.15, 0.2) is 0 Å². The maximum absolute atomic E-state index is 14.2. The number of carbonyl (C=O) groups is 14. The Labute approximate surface area is 551 Å². The van der Waals surface area contributed by atoms with E-state index in [0.717, 1.165) is 39.0 Å². The molecular weight excluding hydrogens is 1230 g/mol. The molecule has 94 heavy (non-hydrogen) atoms. The van der Waals surface area contributed by atoms with E-state index < -0.39 is 193 Å². The van der Waals surface area contributed by atoms with Crippen molar-refractivity contribution in [1.29, 1.82) is 0 Å². The summed E-state index contributed by atoms with van der Waals surface area (Å²) in [6.07, 6.45) is 2.42. The van der Waals surface area contributed by atoms with Crippen molar-refractivity contribution in [3.05, 3.63) is 0 Å². The summed E-state index contributed by atoms with van der Waals surface area (Å²) in [7, 11) is 0. The fraction of sp³-hybridized carbons (Fsp3) is 0.778. The predicted molar refractivity (Wildman–Crippen MR) is 344 cm³/mol. The van der Waals surface area contributed by atoms with Gasteiger partial charge in [-0.2, -0.15) is 0 Å². The summed E-state index contributed by atoms with van der Waals surface area (Å²) in [4.78, 5) is 187. The van der Waals surface area contributed by atoms with E-state index in [2.05, 4.69) is 65.4 Å². The minimum Gasteiger partial charge on any atom is -0.481 e. The lowest BCUT2D eigenvalue weighted by molar-refractivity contribution is -0.147. The first-order valence-corrected chi connectivity index (χ1v) is 32.8. The number of unbranched alkanes of at least 4 members (excludes halogenated alkanes) is 5. The van der Waals surface area contributed by atoms with Crippen molar-refractivity contribution in [1.82, 2.24) is 58.5 Å². The first-order valence-electron chi connectivity index (χ1n) is 32.8. The molecular formula is C63H111N11O20. The third-order valence-corrected chi connectivity index (χ3v) is 15.4. The number of carboxylic acids is 3. The first kappa shape index (κ1) is 86.5. The SMILES string of the molecule is CCCCCCCCC(=O)N[C@H](CC(C)C)C(=O)N[C@H](CC(=O)O)C(=O)N[C@@H](C(=O)N[C@H](CC(C)C)C(=O)N[C@H](CC(C)C)C(=O)N[C@H](CO)C(=O)N[C@@H](CC(C)C)C(=O)N[C@H](CO)C(=O)N[C@H](C(=O)N[C@H](C(=O)N[C@@H](CC(=O)O)C(=O)O)[C@@H](C)CC)[C@@H](C)CC)[C@H](C)O. The van der Waals surface area contributed by atoms with Gasteiger partial charge in [0.2, 0.25) is 65.0 Å². The number of carbonyl (C=O) groups excluding carboxylic acids is 11. The van der Waals surface area contributed by atoms with E-state index in [1.807, 2.05) is 0 Å². The molecule has 0 heterocycles. The summed E-state index contributed by atoms with van der Waals surface area (Å²) in [5, 5.41) is 86.9. The van der Waals surface area contributed by atoms with Crippen LogP contribution in [0.4, 0.5) is 0 Å². The Morgan fingerprint density at radius 2 is 0.596 bits per heavy atom. The van der Waals surface area contributed by atoms with E-state index in [4.69, 9.17) is 0 Å².